The van der Waals surface area contributed by atoms with Gasteiger partial charge in [-0.05, 0) is 93.7 Å². The van der Waals surface area contributed by atoms with E-state index in [0.29, 0.717) is 45.4 Å². The fourth-order valence-corrected chi connectivity index (χ4v) is 10.9. The number of carbonyl (C=O) groups excluding carboxylic acids is 4. The summed E-state index contributed by atoms with van der Waals surface area (Å²) in [4.78, 5) is 71.2. The SMILES string of the molecule is C=N/C=C(/Cl)C(=Nc1ccc(N2CCC(N3CCN(CC4CCN(c5cccc6c5C(=O)N(C5CCC(=O)NC5=O)C6=O)CC4)CC3)CC2)cc1OC)Nc1ccccc1P(C)C. The highest BCUT2D eigenvalue weighted by atomic mass is 35.5. The second kappa shape index (κ2) is 19.7. The first-order valence-electron chi connectivity index (χ1n) is 22.0. The Kier molecular flexibility index (Phi) is 13.9. The van der Waals surface area contributed by atoms with Gasteiger partial charge in [-0.3, -0.25) is 39.3 Å². The summed E-state index contributed by atoms with van der Waals surface area (Å²) in [6.07, 6.45) is 5.94. The summed E-state index contributed by atoms with van der Waals surface area (Å²) < 4.78 is 5.87. The minimum atomic E-state index is -0.969. The number of benzene rings is 3. The van der Waals surface area contributed by atoms with Crippen LogP contribution in [0, 0.1) is 5.92 Å². The van der Waals surface area contributed by atoms with E-state index in [-0.39, 0.29) is 26.7 Å². The molecule has 5 aliphatic heterocycles. The van der Waals surface area contributed by atoms with Crippen LogP contribution in [0.1, 0.15) is 59.2 Å². The molecule has 332 valence electrons. The van der Waals surface area contributed by atoms with Gasteiger partial charge < -0.3 is 24.8 Å². The summed E-state index contributed by atoms with van der Waals surface area (Å²) in [6.45, 7) is 16.9. The quantitative estimate of drug-likeness (QED) is 0.0979. The third kappa shape index (κ3) is 9.69. The van der Waals surface area contributed by atoms with E-state index >= 15 is 0 Å². The molecule has 14 nitrogen and oxygen atoms in total. The van der Waals surface area contributed by atoms with Crippen LogP contribution in [0.3, 0.4) is 0 Å². The second-order valence-corrected chi connectivity index (χ2v) is 19.8. The molecule has 4 fully saturated rings. The van der Waals surface area contributed by atoms with Gasteiger partial charge in [-0.2, -0.15) is 0 Å². The maximum absolute atomic E-state index is 13.7. The van der Waals surface area contributed by atoms with E-state index in [0.717, 1.165) is 107 Å². The molecule has 0 aliphatic carbocycles. The molecular weight excluding hydrogens is 837 g/mol. The highest BCUT2D eigenvalue weighted by Gasteiger charge is 2.46. The average Bonchev–Trinajstić information content (AvgIpc) is 3.55. The summed E-state index contributed by atoms with van der Waals surface area (Å²) in [5.74, 6) is -0.190. The normalized spacial score (nSPS) is 21.3. The van der Waals surface area contributed by atoms with Gasteiger partial charge in [-0.25, -0.2) is 4.99 Å². The number of ether oxygens (including phenoxy) is 1. The van der Waals surface area contributed by atoms with E-state index in [1.54, 1.807) is 13.2 Å². The highest BCUT2D eigenvalue weighted by molar-refractivity contribution is 7.64. The van der Waals surface area contributed by atoms with Crippen LogP contribution in [-0.4, -0.2) is 142 Å². The fourth-order valence-electron chi connectivity index (χ4n) is 9.74. The van der Waals surface area contributed by atoms with Gasteiger partial charge in [0.05, 0.1) is 23.9 Å². The number of methoxy groups -OCH3 is 1. The zero-order valence-corrected chi connectivity index (χ0v) is 38.0. The largest absolute Gasteiger partial charge is 0.494 e. The van der Waals surface area contributed by atoms with Crippen molar-refractivity contribution in [1.82, 2.24) is 20.0 Å². The van der Waals surface area contributed by atoms with Gasteiger partial charge in [0.2, 0.25) is 11.8 Å². The monoisotopic (exact) mass is 893 g/mol. The molecule has 2 N–H and O–H groups in total. The van der Waals surface area contributed by atoms with Crippen LogP contribution in [0.25, 0.3) is 0 Å². The Balaban J connectivity index is 0.814. The van der Waals surface area contributed by atoms with Crippen molar-refractivity contribution in [2.45, 2.75) is 50.6 Å². The molecule has 3 aromatic rings. The number of nitrogens with one attached hydrogen (secondary N) is 2. The number of carbonyl (C=O) groups is 4. The number of halogens is 1. The van der Waals surface area contributed by atoms with Crippen LogP contribution in [0.4, 0.5) is 22.7 Å². The maximum atomic E-state index is 13.7. The maximum Gasteiger partial charge on any atom is 0.264 e. The van der Waals surface area contributed by atoms with E-state index in [1.807, 2.05) is 36.4 Å². The van der Waals surface area contributed by atoms with E-state index in [2.05, 4.69) is 73.5 Å². The highest BCUT2D eigenvalue weighted by Crippen LogP contribution is 2.38. The number of imide groups is 2. The lowest BCUT2D eigenvalue weighted by atomic mass is 9.94. The Labute approximate surface area is 376 Å². The first-order valence-corrected chi connectivity index (χ1v) is 24.6. The Morgan fingerprint density at radius 3 is 2.32 bits per heavy atom. The van der Waals surface area contributed by atoms with Crippen molar-refractivity contribution >= 4 is 83.8 Å². The van der Waals surface area contributed by atoms with Crippen molar-refractivity contribution in [2.75, 3.05) is 94.5 Å². The number of piperidine rings is 3. The number of piperazine rings is 1. The second-order valence-electron chi connectivity index (χ2n) is 17.1. The Morgan fingerprint density at radius 2 is 1.62 bits per heavy atom. The summed E-state index contributed by atoms with van der Waals surface area (Å²) >= 11 is 6.68. The molecule has 4 saturated heterocycles. The third-order valence-corrected chi connectivity index (χ3v) is 14.8. The molecule has 63 heavy (non-hydrogen) atoms. The first-order chi connectivity index (χ1) is 30.5. The van der Waals surface area contributed by atoms with Crippen LogP contribution >= 0.6 is 19.5 Å². The molecule has 1 atom stereocenters. The number of para-hydroxylation sites is 1. The van der Waals surface area contributed by atoms with E-state index in [1.165, 1.54) is 11.5 Å². The van der Waals surface area contributed by atoms with Crippen LogP contribution in [-0.2, 0) is 9.59 Å². The number of hydrogen-bond acceptors (Lipinski definition) is 11. The smallest absolute Gasteiger partial charge is 0.264 e. The van der Waals surface area contributed by atoms with Crippen molar-refractivity contribution in [2.24, 2.45) is 15.9 Å². The molecule has 0 spiro atoms. The lowest BCUT2D eigenvalue weighted by Gasteiger charge is -2.44. The van der Waals surface area contributed by atoms with E-state index in [4.69, 9.17) is 21.3 Å². The van der Waals surface area contributed by atoms with Gasteiger partial charge >= 0.3 is 0 Å². The van der Waals surface area contributed by atoms with Crippen molar-refractivity contribution < 1.29 is 23.9 Å². The van der Waals surface area contributed by atoms with Crippen LogP contribution in [0.5, 0.6) is 5.75 Å². The van der Waals surface area contributed by atoms with Gasteiger partial charge in [-0.15, -0.1) is 0 Å². The summed E-state index contributed by atoms with van der Waals surface area (Å²) in [6, 6.07) is 19.3. The van der Waals surface area contributed by atoms with Crippen molar-refractivity contribution in [3.05, 3.63) is 83.0 Å². The molecule has 3 aromatic carbocycles. The zero-order valence-electron chi connectivity index (χ0n) is 36.4. The fraction of sp³-hybridized carbons (Fsp3) is 0.447. The lowest BCUT2D eigenvalue weighted by Crippen LogP contribution is -2.54. The van der Waals surface area contributed by atoms with Crippen molar-refractivity contribution in [3.63, 3.8) is 0 Å². The van der Waals surface area contributed by atoms with Crippen molar-refractivity contribution in [3.8, 4) is 5.75 Å². The number of fused-ring (bicyclic) bond motifs is 1. The number of nitrogens with zero attached hydrogens (tertiary/aromatic N) is 7. The molecule has 5 heterocycles. The number of anilines is 3. The molecule has 16 heteroatoms. The van der Waals surface area contributed by atoms with Crippen LogP contribution in [0.2, 0.25) is 0 Å². The summed E-state index contributed by atoms with van der Waals surface area (Å²) in [5, 5.41) is 7.29. The molecule has 0 saturated carbocycles. The Morgan fingerprint density at radius 1 is 0.889 bits per heavy atom. The van der Waals surface area contributed by atoms with Gasteiger partial charge in [-0.1, -0.05) is 43.8 Å². The molecule has 8 rings (SSSR count). The lowest BCUT2D eigenvalue weighted by molar-refractivity contribution is -0.136. The first kappa shape index (κ1) is 44.5. The van der Waals surface area contributed by atoms with Crippen molar-refractivity contribution in [1.29, 1.82) is 0 Å². The zero-order chi connectivity index (χ0) is 44.2. The third-order valence-electron chi connectivity index (χ3n) is 13.1. The molecule has 0 radical (unpaired) electrons. The Bertz CT molecular complexity index is 2300. The molecule has 0 bridgehead atoms. The summed E-state index contributed by atoms with van der Waals surface area (Å²) in [7, 11) is 1.31. The predicted molar refractivity (Wildman–Crippen MR) is 253 cm³/mol. The molecule has 5 aliphatic rings. The Hall–Kier alpha value is -5.14. The van der Waals surface area contributed by atoms with Crippen LogP contribution in [0.15, 0.2) is 81.9 Å². The molecule has 1 unspecified atom stereocenters. The minimum Gasteiger partial charge on any atom is -0.494 e. The molecular formula is C47H57ClN9O5P. The number of aliphatic imine (C=N–C) groups is 2. The van der Waals surface area contributed by atoms with E-state index < -0.39 is 23.8 Å². The topological polar surface area (TPSA) is 142 Å². The number of hydrogen-bond donors (Lipinski definition) is 2. The van der Waals surface area contributed by atoms with Gasteiger partial charge in [0.25, 0.3) is 11.8 Å². The predicted octanol–water partition coefficient (Wildman–Crippen LogP) is 5.89. The van der Waals surface area contributed by atoms with Gasteiger partial charge in [0, 0.05) is 95.0 Å². The minimum absolute atomic E-state index is 0.100. The van der Waals surface area contributed by atoms with Crippen LogP contribution < -0.4 is 30.5 Å². The van der Waals surface area contributed by atoms with E-state index in [9.17, 15) is 19.2 Å². The van der Waals surface area contributed by atoms with Gasteiger partial charge in [0.1, 0.15) is 22.5 Å². The van der Waals surface area contributed by atoms with Gasteiger partial charge in [0.15, 0.2) is 5.84 Å². The average molecular weight is 894 g/mol. The number of amidine groups is 1. The summed E-state index contributed by atoms with van der Waals surface area (Å²) in [5.41, 5.74) is 4.20. The molecule has 0 aromatic heterocycles. The standard InChI is InChI=1S/C47H57ClN9O5P/c1-49-29-35(48)44(51-37-9-5-6-11-41(37)63(3)4)50-36-13-12-33(28-40(36)62-2)54-22-18-32(19-23-54)55-26-24-53(25-27-55)30-31-16-20-56(21-17-31)38-10-7-8-34-43(38)47(61)57(46(34)60)39-14-15-42(58)52-45(39)59/h5-13,28-29,31-32,39H,1,14-27,30H2,2-4H3,(H,50,51)(H,52,58,59)/b35-29+. The number of amides is 4. The number of rotatable bonds is 12. The molecule has 4 amide bonds.